The van der Waals surface area contributed by atoms with Gasteiger partial charge in [0.25, 0.3) is 0 Å². The Labute approximate surface area is 234 Å². The van der Waals surface area contributed by atoms with Crippen LogP contribution in [0.4, 0.5) is 0 Å². The van der Waals surface area contributed by atoms with Gasteiger partial charge in [0, 0.05) is 25.6 Å². The van der Waals surface area contributed by atoms with Gasteiger partial charge in [-0.1, -0.05) is 49.9 Å². The van der Waals surface area contributed by atoms with Gasteiger partial charge in [0.15, 0.2) is 0 Å². The molecule has 1 atom stereocenters. The minimum absolute atomic E-state index is 0.102. The standard InChI is InChI=1S/C33H46N2O4/c1-38-29-12-8-26(9-13-29)18-25-39-30-14-10-27(11-15-30)31(33(37)19-4-2-5-20-33)32(36)35-23-16-28(17-24-35)34-21-6-3-7-22-34/h8-15,28,31,37H,2-7,16-25H2,1H3. The minimum atomic E-state index is -0.976. The summed E-state index contributed by atoms with van der Waals surface area (Å²) in [6.07, 6.45) is 11.3. The average Bonchev–Trinajstić information content (AvgIpc) is 2.99. The van der Waals surface area contributed by atoms with Gasteiger partial charge in [-0.15, -0.1) is 0 Å². The summed E-state index contributed by atoms with van der Waals surface area (Å²) in [4.78, 5) is 18.7. The lowest BCUT2D eigenvalue weighted by Crippen LogP contribution is -2.52. The van der Waals surface area contributed by atoms with Gasteiger partial charge in [0.1, 0.15) is 11.5 Å². The number of methoxy groups -OCH3 is 1. The third kappa shape index (κ3) is 6.96. The van der Waals surface area contributed by atoms with Gasteiger partial charge in [-0.05, 0) is 87.0 Å². The van der Waals surface area contributed by atoms with Crippen molar-refractivity contribution in [1.29, 1.82) is 0 Å². The molecule has 1 aliphatic carbocycles. The van der Waals surface area contributed by atoms with E-state index >= 15 is 0 Å². The molecule has 3 fully saturated rings. The molecule has 1 amide bonds. The number of benzene rings is 2. The first-order valence-electron chi connectivity index (χ1n) is 15.2. The van der Waals surface area contributed by atoms with Crippen molar-refractivity contribution < 1.29 is 19.4 Å². The monoisotopic (exact) mass is 534 g/mol. The van der Waals surface area contributed by atoms with Crippen LogP contribution in [-0.4, -0.2) is 72.4 Å². The number of likely N-dealkylation sites (tertiary alicyclic amines) is 2. The summed E-state index contributed by atoms with van der Waals surface area (Å²) in [7, 11) is 1.67. The maximum absolute atomic E-state index is 14.1. The van der Waals surface area contributed by atoms with E-state index in [1.807, 2.05) is 41.3 Å². The third-order valence-electron chi connectivity index (χ3n) is 9.22. The first kappa shape index (κ1) is 28.0. The van der Waals surface area contributed by atoms with Crippen molar-refractivity contribution >= 4 is 5.91 Å². The Morgan fingerprint density at radius 1 is 0.872 bits per heavy atom. The fourth-order valence-corrected chi connectivity index (χ4v) is 6.89. The van der Waals surface area contributed by atoms with E-state index in [1.165, 1.54) is 37.9 Å². The third-order valence-corrected chi connectivity index (χ3v) is 9.22. The van der Waals surface area contributed by atoms with Crippen LogP contribution in [0.5, 0.6) is 11.5 Å². The molecule has 0 spiro atoms. The summed E-state index contributed by atoms with van der Waals surface area (Å²) in [5.41, 5.74) is 1.13. The second-order valence-corrected chi connectivity index (χ2v) is 11.8. The smallest absolute Gasteiger partial charge is 0.233 e. The number of rotatable bonds is 9. The molecule has 5 rings (SSSR count). The Morgan fingerprint density at radius 3 is 2.13 bits per heavy atom. The second kappa shape index (κ2) is 13.2. The van der Waals surface area contributed by atoms with Crippen LogP contribution in [-0.2, 0) is 11.2 Å². The van der Waals surface area contributed by atoms with Crippen LogP contribution in [0.2, 0.25) is 0 Å². The molecule has 3 aliphatic rings. The largest absolute Gasteiger partial charge is 0.497 e. The fraction of sp³-hybridized carbons (Fsp3) is 0.606. The molecule has 212 valence electrons. The van der Waals surface area contributed by atoms with E-state index in [0.717, 1.165) is 68.7 Å². The van der Waals surface area contributed by atoms with E-state index < -0.39 is 11.5 Å². The molecule has 0 bridgehead atoms. The van der Waals surface area contributed by atoms with E-state index in [0.29, 0.717) is 25.5 Å². The van der Waals surface area contributed by atoms with Crippen LogP contribution >= 0.6 is 0 Å². The van der Waals surface area contributed by atoms with Crippen LogP contribution in [0.1, 0.15) is 81.3 Å². The Kier molecular flexibility index (Phi) is 9.46. The summed E-state index contributed by atoms with van der Waals surface area (Å²) < 4.78 is 11.3. The van der Waals surface area contributed by atoms with Crippen LogP contribution in [0.15, 0.2) is 48.5 Å². The van der Waals surface area contributed by atoms with Gasteiger partial charge in [-0.3, -0.25) is 4.79 Å². The predicted molar refractivity (Wildman–Crippen MR) is 154 cm³/mol. The highest BCUT2D eigenvalue weighted by Crippen LogP contribution is 2.42. The van der Waals surface area contributed by atoms with Crippen LogP contribution < -0.4 is 9.47 Å². The van der Waals surface area contributed by atoms with Crippen molar-refractivity contribution in [2.45, 2.75) is 88.2 Å². The number of ether oxygens (including phenoxy) is 2. The van der Waals surface area contributed by atoms with Crippen LogP contribution in [0, 0.1) is 0 Å². The highest BCUT2D eigenvalue weighted by atomic mass is 16.5. The predicted octanol–water partition coefficient (Wildman–Crippen LogP) is 5.57. The zero-order valence-electron chi connectivity index (χ0n) is 23.7. The average molecular weight is 535 g/mol. The van der Waals surface area contributed by atoms with Gasteiger partial charge in [0.05, 0.1) is 25.2 Å². The normalized spacial score (nSPS) is 21.3. The summed E-state index contributed by atoms with van der Waals surface area (Å²) in [5.74, 6) is 1.23. The molecule has 1 saturated carbocycles. The lowest BCUT2D eigenvalue weighted by molar-refractivity contribution is -0.143. The highest BCUT2D eigenvalue weighted by molar-refractivity contribution is 5.85. The van der Waals surface area contributed by atoms with E-state index in [1.54, 1.807) is 7.11 Å². The quantitative estimate of drug-likeness (QED) is 0.456. The summed E-state index contributed by atoms with van der Waals surface area (Å²) >= 11 is 0. The molecule has 6 nitrogen and oxygen atoms in total. The first-order valence-corrected chi connectivity index (χ1v) is 15.2. The fourth-order valence-electron chi connectivity index (χ4n) is 6.89. The summed E-state index contributed by atoms with van der Waals surface area (Å²) in [6.45, 7) is 4.56. The van der Waals surface area contributed by atoms with Crippen molar-refractivity contribution in [1.82, 2.24) is 9.80 Å². The second-order valence-electron chi connectivity index (χ2n) is 11.8. The molecule has 0 radical (unpaired) electrons. The van der Waals surface area contributed by atoms with Crippen molar-refractivity contribution in [3.05, 3.63) is 59.7 Å². The van der Waals surface area contributed by atoms with Crippen molar-refractivity contribution in [2.24, 2.45) is 0 Å². The van der Waals surface area contributed by atoms with E-state index in [9.17, 15) is 9.90 Å². The topological polar surface area (TPSA) is 62.2 Å². The number of aliphatic hydroxyl groups is 1. The molecule has 1 N–H and O–H groups in total. The van der Waals surface area contributed by atoms with E-state index in [-0.39, 0.29) is 5.91 Å². The number of carbonyl (C=O) groups is 1. The van der Waals surface area contributed by atoms with Crippen molar-refractivity contribution in [2.75, 3.05) is 39.9 Å². The molecular formula is C33H46N2O4. The summed E-state index contributed by atoms with van der Waals surface area (Å²) in [5, 5.41) is 11.8. The summed E-state index contributed by atoms with van der Waals surface area (Å²) in [6, 6.07) is 16.6. The van der Waals surface area contributed by atoms with Crippen molar-refractivity contribution in [3.63, 3.8) is 0 Å². The highest BCUT2D eigenvalue weighted by Gasteiger charge is 2.45. The first-order chi connectivity index (χ1) is 19.1. The Morgan fingerprint density at radius 2 is 1.49 bits per heavy atom. The van der Waals surface area contributed by atoms with E-state index in [4.69, 9.17) is 9.47 Å². The molecule has 2 aliphatic heterocycles. The van der Waals surface area contributed by atoms with Gasteiger partial charge in [-0.2, -0.15) is 0 Å². The Hall–Kier alpha value is -2.57. The lowest BCUT2D eigenvalue weighted by atomic mass is 9.72. The molecular weight excluding hydrogens is 488 g/mol. The molecule has 2 aromatic carbocycles. The maximum atomic E-state index is 14.1. The zero-order chi connectivity index (χ0) is 27.1. The molecule has 2 saturated heterocycles. The van der Waals surface area contributed by atoms with Gasteiger partial charge in [-0.25, -0.2) is 0 Å². The van der Waals surface area contributed by atoms with Gasteiger partial charge in [0.2, 0.25) is 5.91 Å². The minimum Gasteiger partial charge on any atom is -0.497 e. The molecule has 39 heavy (non-hydrogen) atoms. The molecule has 2 aromatic rings. The number of carbonyl (C=O) groups excluding carboxylic acids is 1. The molecule has 6 heteroatoms. The lowest BCUT2D eigenvalue weighted by Gasteiger charge is -2.44. The number of nitrogens with zero attached hydrogens (tertiary/aromatic N) is 2. The zero-order valence-corrected chi connectivity index (χ0v) is 23.7. The number of piperidine rings is 2. The van der Waals surface area contributed by atoms with Crippen molar-refractivity contribution in [3.8, 4) is 11.5 Å². The Balaban J connectivity index is 1.23. The van der Waals surface area contributed by atoms with Gasteiger partial charge >= 0.3 is 0 Å². The molecule has 0 aromatic heterocycles. The Bertz CT molecular complexity index is 1030. The van der Waals surface area contributed by atoms with Crippen LogP contribution in [0.3, 0.4) is 0 Å². The number of amides is 1. The van der Waals surface area contributed by atoms with E-state index in [2.05, 4.69) is 17.0 Å². The van der Waals surface area contributed by atoms with Crippen LogP contribution in [0.25, 0.3) is 0 Å². The van der Waals surface area contributed by atoms with Gasteiger partial charge < -0.3 is 24.4 Å². The molecule has 2 heterocycles. The maximum Gasteiger partial charge on any atom is 0.233 e. The SMILES string of the molecule is COc1ccc(CCOc2ccc(C(C(=O)N3CCC(N4CCCCC4)CC3)C3(O)CCCCC3)cc2)cc1. The number of hydrogen-bond acceptors (Lipinski definition) is 5. The molecule has 1 unspecified atom stereocenters. The number of hydrogen-bond donors (Lipinski definition) is 1.